The Morgan fingerprint density at radius 1 is 1.47 bits per heavy atom. The van der Waals surface area contributed by atoms with E-state index in [1.54, 1.807) is 11.3 Å². The molecule has 1 unspecified atom stereocenters. The molecule has 1 aromatic heterocycles. The van der Waals surface area contributed by atoms with E-state index < -0.39 is 0 Å². The molecule has 0 fully saturated rings. The fourth-order valence-corrected chi connectivity index (χ4v) is 2.54. The molecule has 1 atom stereocenters. The summed E-state index contributed by atoms with van der Waals surface area (Å²) >= 11 is 7.54. The zero-order chi connectivity index (χ0) is 10.8. The predicted octanol–water partition coefficient (Wildman–Crippen LogP) is 3.36. The van der Waals surface area contributed by atoms with Crippen LogP contribution in [0.4, 0.5) is 5.13 Å². The highest BCUT2D eigenvalue weighted by molar-refractivity contribution is 7.22. The van der Waals surface area contributed by atoms with E-state index in [9.17, 15) is 0 Å². The van der Waals surface area contributed by atoms with Gasteiger partial charge in [0.1, 0.15) is 0 Å². The molecule has 4 heteroatoms. The highest BCUT2D eigenvalue weighted by Crippen LogP contribution is 2.28. The number of para-hydroxylation sites is 1. The average molecular weight is 241 g/mol. The summed E-state index contributed by atoms with van der Waals surface area (Å²) < 4.78 is 1.22. The molecule has 0 spiro atoms. The van der Waals surface area contributed by atoms with Crippen LogP contribution >= 0.6 is 22.9 Å². The summed E-state index contributed by atoms with van der Waals surface area (Å²) in [6.07, 6.45) is 0. The van der Waals surface area contributed by atoms with Gasteiger partial charge in [-0.1, -0.05) is 23.5 Å². The first-order valence-corrected chi connectivity index (χ1v) is 6.22. The van der Waals surface area contributed by atoms with Crippen molar-refractivity contribution in [3.05, 3.63) is 24.3 Å². The molecule has 0 saturated heterocycles. The van der Waals surface area contributed by atoms with Gasteiger partial charge < -0.3 is 4.90 Å². The van der Waals surface area contributed by atoms with E-state index in [2.05, 4.69) is 22.9 Å². The average Bonchev–Trinajstić information content (AvgIpc) is 2.70. The lowest BCUT2D eigenvalue weighted by Crippen LogP contribution is -2.29. The van der Waals surface area contributed by atoms with Crippen LogP contribution in [-0.2, 0) is 0 Å². The Balaban J connectivity index is 2.36. The highest BCUT2D eigenvalue weighted by Gasteiger charge is 2.12. The first-order valence-electron chi connectivity index (χ1n) is 4.86. The molecule has 0 aliphatic rings. The van der Waals surface area contributed by atoms with Crippen LogP contribution in [0.3, 0.4) is 0 Å². The molecule has 0 radical (unpaired) electrons. The topological polar surface area (TPSA) is 16.1 Å². The Kier molecular flexibility index (Phi) is 3.12. The maximum Gasteiger partial charge on any atom is 0.186 e. The second-order valence-electron chi connectivity index (χ2n) is 3.58. The molecule has 2 aromatic rings. The minimum Gasteiger partial charge on any atom is -0.347 e. The lowest BCUT2D eigenvalue weighted by Gasteiger charge is -2.21. The van der Waals surface area contributed by atoms with Crippen LogP contribution in [-0.4, -0.2) is 24.0 Å². The number of fused-ring (bicyclic) bond motifs is 1. The Labute approximate surface area is 98.5 Å². The number of benzene rings is 1. The van der Waals surface area contributed by atoms with E-state index >= 15 is 0 Å². The summed E-state index contributed by atoms with van der Waals surface area (Å²) in [6.45, 7) is 2.10. The molecule has 1 aromatic carbocycles. The molecule has 0 aliphatic heterocycles. The molecule has 2 rings (SSSR count). The van der Waals surface area contributed by atoms with Crippen molar-refractivity contribution in [3.8, 4) is 0 Å². The third-order valence-corrected chi connectivity index (χ3v) is 4.04. The number of hydrogen-bond acceptors (Lipinski definition) is 3. The van der Waals surface area contributed by atoms with Crippen LogP contribution in [0.25, 0.3) is 10.2 Å². The van der Waals surface area contributed by atoms with Crippen molar-refractivity contribution in [2.75, 3.05) is 17.8 Å². The molecule has 0 amide bonds. The summed E-state index contributed by atoms with van der Waals surface area (Å²) in [6, 6.07) is 8.49. The lowest BCUT2D eigenvalue weighted by molar-refractivity contribution is 0.759. The van der Waals surface area contributed by atoms with Crippen LogP contribution in [0.2, 0.25) is 0 Å². The van der Waals surface area contributed by atoms with Crippen molar-refractivity contribution < 1.29 is 0 Å². The predicted molar refractivity (Wildman–Crippen MR) is 68.2 cm³/mol. The van der Waals surface area contributed by atoms with Gasteiger partial charge in [0.05, 0.1) is 10.2 Å². The van der Waals surface area contributed by atoms with Crippen LogP contribution < -0.4 is 4.90 Å². The molecule has 0 bridgehead atoms. The van der Waals surface area contributed by atoms with Gasteiger partial charge >= 0.3 is 0 Å². The van der Waals surface area contributed by atoms with Crippen molar-refractivity contribution in [1.82, 2.24) is 4.98 Å². The smallest absolute Gasteiger partial charge is 0.186 e. The second-order valence-corrected chi connectivity index (χ2v) is 4.90. The third-order valence-electron chi connectivity index (χ3n) is 2.47. The molecule has 2 nitrogen and oxygen atoms in total. The zero-order valence-electron chi connectivity index (χ0n) is 8.77. The van der Waals surface area contributed by atoms with E-state index in [1.807, 2.05) is 25.2 Å². The molecular weight excluding hydrogens is 228 g/mol. The number of halogens is 1. The Bertz CT molecular complexity index is 422. The van der Waals surface area contributed by atoms with Gasteiger partial charge in [-0.25, -0.2) is 4.98 Å². The summed E-state index contributed by atoms with van der Waals surface area (Å²) in [5.74, 6) is 0.617. The summed E-state index contributed by atoms with van der Waals surface area (Å²) in [5, 5.41) is 1.03. The van der Waals surface area contributed by atoms with Crippen molar-refractivity contribution in [1.29, 1.82) is 0 Å². The SMILES string of the molecule is CC(CCl)N(C)c1nc2ccccc2s1. The fourth-order valence-electron chi connectivity index (χ4n) is 1.30. The third kappa shape index (κ3) is 2.08. The quantitative estimate of drug-likeness (QED) is 0.765. The molecule has 0 N–H and O–H groups in total. The van der Waals surface area contributed by atoms with Gasteiger partial charge in [-0.05, 0) is 19.1 Å². The number of nitrogens with zero attached hydrogens (tertiary/aromatic N) is 2. The van der Waals surface area contributed by atoms with Gasteiger partial charge in [0, 0.05) is 19.0 Å². The van der Waals surface area contributed by atoms with Gasteiger partial charge in [0.25, 0.3) is 0 Å². The van der Waals surface area contributed by atoms with Crippen molar-refractivity contribution in [2.24, 2.45) is 0 Å². The zero-order valence-corrected chi connectivity index (χ0v) is 10.3. The van der Waals surface area contributed by atoms with Crippen molar-refractivity contribution >= 4 is 38.3 Å². The van der Waals surface area contributed by atoms with Crippen LogP contribution in [0.1, 0.15) is 6.92 Å². The second kappa shape index (κ2) is 4.37. The maximum atomic E-state index is 5.83. The molecular formula is C11H13ClN2S. The van der Waals surface area contributed by atoms with Crippen molar-refractivity contribution in [2.45, 2.75) is 13.0 Å². The van der Waals surface area contributed by atoms with E-state index in [0.717, 1.165) is 10.6 Å². The van der Waals surface area contributed by atoms with Gasteiger partial charge in [-0.15, -0.1) is 11.6 Å². The molecule has 15 heavy (non-hydrogen) atoms. The number of thiazole rings is 1. The standard InChI is InChI=1S/C11H13ClN2S/c1-8(7-12)14(2)11-13-9-5-3-4-6-10(9)15-11/h3-6,8H,7H2,1-2H3. The van der Waals surface area contributed by atoms with Gasteiger partial charge in [-0.2, -0.15) is 0 Å². The maximum absolute atomic E-state index is 5.83. The number of alkyl halides is 1. The number of hydrogen-bond donors (Lipinski definition) is 0. The highest BCUT2D eigenvalue weighted by atomic mass is 35.5. The van der Waals surface area contributed by atoms with E-state index in [-0.39, 0.29) is 0 Å². The Morgan fingerprint density at radius 3 is 2.87 bits per heavy atom. The molecule has 80 valence electrons. The first kappa shape index (κ1) is 10.7. The van der Waals surface area contributed by atoms with Gasteiger partial charge in [0.2, 0.25) is 0 Å². The fraction of sp³-hybridized carbons (Fsp3) is 0.364. The first-order chi connectivity index (χ1) is 7.22. The van der Waals surface area contributed by atoms with E-state index in [4.69, 9.17) is 11.6 Å². The molecule has 1 heterocycles. The van der Waals surface area contributed by atoms with Crippen LogP contribution in [0.15, 0.2) is 24.3 Å². The van der Waals surface area contributed by atoms with E-state index in [1.165, 1.54) is 4.70 Å². The number of rotatable bonds is 3. The van der Waals surface area contributed by atoms with Crippen molar-refractivity contribution in [3.63, 3.8) is 0 Å². The summed E-state index contributed by atoms with van der Waals surface area (Å²) in [4.78, 5) is 6.69. The van der Waals surface area contributed by atoms with Crippen LogP contribution in [0, 0.1) is 0 Å². The van der Waals surface area contributed by atoms with Gasteiger partial charge in [-0.3, -0.25) is 0 Å². The van der Waals surface area contributed by atoms with Crippen LogP contribution in [0.5, 0.6) is 0 Å². The summed E-state index contributed by atoms with van der Waals surface area (Å²) in [7, 11) is 2.03. The largest absolute Gasteiger partial charge is 0.347 e. The number of aromatic nitrogens is 1. The normalized spacial score (nSPS) is 13.0. The van der Waals surface area contributed by atoms with E-state index in [0.29, 0.717) is 11.9 Å². The Morgan fingerprint density at radius 2 is 2.20 bits per heavy atom. The minimum absolute atomic E-state index is 0.312. The number of anilines is 1. The molecule has 0 saturated carbocycles. The minimum atomic E-state index is 0.312. The lowest BCUT2D eigenvalue weighted by atomic mass is 10.3. The Hall–Kier alpha value is -0.800. The molecule has 0 aliphatic carbocycles. The van der Waals surface area contributed by atoms with Gasteiger partial charge in [0.15, 0.2) is 5.13 Å². The summed E-state index contributed by atoms with van der Waals surface area (Å²) in [5.41, 5.74) is 1.06. The monoisotopic (exact) mass is 240 g/mol.